The number of nitrogens with one attached hydrogen (secondary N) is 1. The lowest BCUT2D eigenvalue weighted by Gasteiger charge is -2.26. The molecule has 4 nitrogen and oxygen atoms in total. The third-order valence-corrected chi connectivity index (χ3v) is 4.91. The van der Waals surface area contributed by atoms with Crippen LogP contribution in [0.3, 0.4) is 0 Å². The van der Waals surface area contributed by atoms with E-state index in [1.165, 1.54) is 6.42 Å². The van der Waals surface area contributed by atoms with Crippen molar-refractivity contribution >= 4 is 17.5 Å². The van der Waals surface area contributed by atoms with E-state index >= 15 is 0 Å². The second-order valence-electron chi connectivity index (χ2n) is 7.09. The lowest BCUT2D eigenvalue weighted by molar-refractivity contribution is -0.115. The number of carbonyl (C=O) groups is 2. The third kappa shape index (κ3) is 4.51. The lowest BCUT2D eigenvalue weighted by atomic mass is 10.0. The van der Waals surface area contributed by atoms with Crippen molar-refractivity contribution in [2.75, 3.05) is 18.4 Å². The Morgan fingerprint density at radius 3 is 2.35 bits per heavy atom. The molecule has 2 aromatic rings. The van der Waals surface area contributed by atoms with E-state index in [2.05, 4.69) is 17.4 Å². The summed E-state index contributed by atoms with van der Waals surface area (Å²) >= 11 is 0. The maximum absolute atomic E-state index is 12.5. The number of anilines is 1. The molecule has 2 amide bonds. The largest absolute Gasteiger partial charge is 0.339 e. The number of hydrogen-bond acceptors (Lipinski definition) is 2. The van der Waals surface area contributed by atoms with E-state index in [9.17, 15) is 9.59 Å². The molecule has 0 unspecified atom stereocenters. The SMILES string of the molecule is Cc1ccc(C)c(CC(=O)Nc2ccc(C(=O)N3CCCCC3)cc2)c1. The van der Waals surface area contributed by atoms with Gasteiger partial charge in [-0.15, -0.1) is 0 Å². The Balaban J connectivity index is 1.60. The Hall–Kier alpha value is -2.62. The van der Waals surface area contributed by atoms with Crippen LogP contribution < -0.4 is 5.32 Å². The van der Waals surface area contributed by atoms with E-state index < -0.39 is 0 Å². The van der Waals surface area contributed by atoms with Gasteiger partial charge in [-0.1, -0.05) is 23.8 Å². The minimum Gasteiger partial charge on any atom is -0.339 e. The molecular weight excluding hydrogens is 324 g/mol. The molecule has 2 aromatic carbocycles. The average molecular weight is 350 g/mol. The predicted octanol–water partition coefficient (Wildman–Crippen LogP) is 4.11. The van der Waals surface area contributed by atoms with E-state index in [4.69, 9.17) is 0 Å². The number of rotatable bonds is 4. The molecule has 0 atom stereocenters. The highest BCUT2D eigenvalue weighted by molar-refractivity contribution is 5.96. The average Bonchev–Trinajstić information content (AvgIpc) is 2.65. The molecule has 4 heteroatoms. The van der Waals surface area contributed by atoms with Crippen LogP contribution in [0.5, 0.6) is 0 Å². The van der Waals surface area contributed by atoms with E-state index in [1.807, 2.05) is 24.8 Å². The van der Waals surface area contributed by atoms with Crippen molar-refractivity contribution in [3.63, 3.8) is 0 Å². The first kappa shape index (κ1) is 18.2. The molecule has 1 saturated heterocycles. The summed E-state index contributed by atoms with van der Waals surface area (Å²) in [7, 11) is 0. The van der Waals surface area contributed by atoms with E-state index in [0.29, 0.717) is 12.0 Å². The maximum Gasteiger partial charge on any atom is 0.253 e. The summed E-state index contributed by atoms with van der Waals surface area (Å²) in [5.41, 5.74) is 4.71. The van der Waals surface area contributed by atoms with Gasteiger partial charge >= 0.3 is 0 Å². The van der Waals surface area contributed by atoms with Crippen LogP contribution in [0, 0.1) is 13.8 Å². The fourth-order valence-corrected chi connectivity index (χ4v) is 3.34. The van der Waals surface area contributed by atoms with Crippen molar-refractivity contribution in [2.24, 2.45) is 0 Å². The molecule has 0 aromatic heterocycles. The second-order valence-corrected chi connectivity index (χ2v) is 7.09. The molecule has 1 aliphatic rings. The number of aryl methyl sites for hydroxylation is 2. The number of nitrogens with zero attached hydrogens (tertiary/aromatic N) is 1. The van der Waals surface area contributed by atoms with Gasteiger partial charge in [0.05, 0.1) is 6.42 Å². The first-order chi connectivity index (χ1) is 12.5. The summed E-state index contributed by atoms with van der Waals surface area (Å²) in [4.78, 5) is 26.7. The quantitative estimate of drug-likeness (QED) is 0.902. The van der Waals surface area contributed by atoms with Gasteiger partial charge in [0.1, 0.15) is 0 Å². The Labute approximate surface area is 155 Å². The second kappa shape index (κ2) is 8.17. The molecule has 0 radical (unpaired) electrons. The summed E-state index contributed by atoms with van der Waals surface area (Å²) in [6, 6.07) is 13.3. The molecule has 136 valence electrons. The Morgan fingerprint density at radius 1 is 0.962 bits per heavy atom. The van der Waals surface area contributed by atoms with Crippen molar-refractivity contribution in [1.82, 2.24) is 4.90 Å². The monoisotopic (exact) mass is 350 g/mol. The van der Waals surface area contributed by atoms with Crippen LogP contribution in [0.1, 0.15) is 46.3 Å². The van der Waals surface area contributed by atoms with Gasteiger partial charge in [0.2, 0.25) is 5.91 Å². The van der Waals surface area contributed by atoms with Crippen LogP contribution in [-0.4, -0.2) is 29.8 Å². The first-order valence-corrected chi connectivity index (χ1v) is 9.28. The normalized spacial score (nSPS) is 14.2. The van der Waals surface area contributed by atoms with Gasteiger partial charge < -0.3 is 10.2 Å². The van der Waals surface area contributed by atoms with Crippen LogP contribution in [0.25, 0.3) is 0 Å². The van der Waals surface area contributed by atoms with Crippen molar-refractivity contribution < 1.29 is 9.59 Å². The summed E-state index contributed by atoms with van der Waals surface area (Å²) in [5.74, 6) is 0.0340. The highest BCUT2D eigenvalue weighted by Gasteiger charge is 2.18. The Kier molecular flexibility index (Phi) is 5.71. The molecule has 0 spiro atoms. The number of hydrogen-bond donors (Lipinski definition) is 1. The zero-order chi connectivity index (χ0) is 18.5. The van der Waals surface area contributed by atoms with Crippen LogP contribution in [-0.2, 0) is 11.2 Å². The molecule has 1 heterocycles. The van der Waals surface area contributed by atoms with E-state index in [1.54, 1.807) is 24.3 Å². The lowest BCUT2D eigenvalue weighted by Crippen LogP contribution is -2.35. The van der Waals surface area contributed by atoms with Crippen LogP contribution in [0.2, 0.25) is 0 Å². The Morgan fingerprint density at radius 2 is 1.65 bits per heavy atom. The molecular formula is C22H26N2O2. The number of piperidine rings is 1. The third-order valence-electron chi connectivity index (χ3n) is 4.91. The molecule has 1 aliphatic heterocycles. The summed E-state index contributed by atoms with van der Waals surface area (Å²) in [6.07, 6.45) is 3.72. The highest BCUT2D eigenvalue weighted by Crippen LogP contribution is 2.17. The summed E-state index contributed by atoms with van der Waals surface area (Å²) in [6.45, 7) is 5.72. The zero-order valence-corrected chi connectivity index (χ0v) is 15.5. The van der Waals surface area contributed by atoms with Gasteiger partial charge in [0.15, 0.2) is 0 Å². The highest BCUT2D eigenvalue weighted by atomic mass is 16.2. The molecule has 26 heavy (non-hydrogen) atoms. The van der Waals surface area contributed by atoms with Crippen molar-refractivity contribution in [3.8, 4) is 0 Å². The van der Waals surface area contributed by atoms with Gasteiger partial charge in [-0.2, -0.15) is 0 Å². The van der Waals surface area contributed by atoms with Gasteiger partial charge in [0.25, 0.3) is 5.91 Å². The number of likely N-dealkylation sites (tertiary alicyclic amines) is 1. The molecule has 0 bridgehead atoms. The van der Waals surface area contributed by atoms with Crippen molar-refractivity contribution in [2.45, 2.75) is 39.5 Å². The van der Waals surface area contributed by atoms with Crippen molar-refractivity contribution in [1.29, 1.82) is 0 Å². The fraction of sp³-hybridized carbons (Fsp3) is 0.364. The molecule has 0 saturated carbocycles. The molecule has 1 N–H and O–H groups in total. The number of amides is 2. The van der Waals surface area contributed by atoms with Gasteiger partial charge in [-0.05, 0) is 68.5 Å². The minimum absolute atomic E-state index is 0.0474. The summed E-state index contributed by atoms with van der Waals surface area (Å²) < 4.78 is 0. The summed E-state index contributed by atoms with van der Waals surface area (Å²) in [5, 5.41) is 2.92. The standard InChI is InChI=1S/C22H26N2O2/c1-16-6-7-17(2)19(14-16)15-21(25)23-20-10-8-18(9-11-20)22(26)24-12-4-3-5-13-24/h6-11,14H,3-5,12-13,15H2,1-2H3,(H,23,25). The smallest absolute Gasteiger partial charge is 0.253 e. The molecule has 3 rings (SSSR count). The van der Waals surface area contributed by atoms with E-state index in [0.717, 1.165) is 48.3 Å². The van der Waals surface area contributed by atoms with Crippen LogP contribution in [0.4, 0.5) is 5.69 Å². The van der Waals surface area contributed by atoms with Crippen LogP contribution >= 0.6 is 0 Å². The van der Waals surface area contributed by atoms with E-state index in [-0.39, 0.29) is 11.8 Å². The molecule has 1 fully saturated rings. The van der Waals surface area contributed by atoms with Gasteiger partial charge in [-0.25, -0.2) is 0 Å². The predicted molar refractivity (Wildman–Crippen MR) is 104 cm³/mol. The number of carbonyl (C=O) groups excluding carboxylic acids is 2. The van der Waals surface area contributed by atoms with Crippen LogP contribution in [0.15, 0.2) is 42.5 Å². The molecule has 0 aliphatic carbocycles. The van der Waals surface area contributed by atoms with Crippen molar-refractivity contribution in [3.05, 3.63) is 64.7 Å². The number of benzene rings is 2. The zero-order valence-electron chi connectivity index (χ0n) is 15.5. The van der Waals surface area contributed by atoms with Gasteiger partial charge in [0, 0.05) is 24.3 Å². The van der Waals surface area contributed by atoms with Gasteiger partial charge in [-0.3, -0.25) is 9.59 Å². The Bertz CT molecular complexity index is 790. The first-order valence-electron chi connectivity index (χ1n) is 9.28. The maximum atomic E-state index is 12.5. The topological polar surface area (TPSA) is 49.4 Å². The minimum atomic E-state index is -0.0474. The fourth-order valence-electron chi connectivity index (χ4n) is 3.34.